The number of alkyl halides is 3. The van der Waals surface area contributed by atoms with Gasteiger partial charge in [0.15, 0.2) is 6.61 Å². The van der Waals surface area contributed by atoms with Gasteiger partial charge in [0.1, 0.15) is 0 Å². The minimum absolute atomic E-state index is 0.154. The summed E-state index contributed by atoms with van der Waals surface area (Å²) >= 11 is 5.95. The molecule has 2 aromatic rings. The summed E-state index contributed by atoms with van der Waals surface area (Å²) in [6.45, 7) is -0.355. The highest BCUT2D eigenvalue weighted by Crippen LogP contribution is 2.29. The summed E-state index contributed by atoms with van der Waals surface area (Å²) < 4.78 is 42.7. The van der Waals surface area contributed by atoms with Gasteiger partial charge in [-0.15, -0.1) is 0 Å². The molecule has 2 rings (SSSR count). The average Bonchev–Trinajstić information content (AvgIpc) is 2.59. The maximum atomic E-state index is 12.6. The first kappa shape index (κ1) is 19.8. The number of rotatable bonds is 6. The molecule has 0 aliphatic carbocycles. The first-order valence-corrected chi connectivity index (χ1v) is 7.95. The van der Waals surface area contributed by atoms with E-state index in [0.717, 1.165) is 12.1 Å². The van der Waals surface area contributed by atoms with Gasteiger partial charge < -0.3 is 10.1 Å². The summed E-state index contributed by atoms with van der Waals surface area (Å²) in [5.74, 6) is -1.33. The molecule has 2 aromatic carbocycles. The number of ether oxygens (including phenoxy) is 1. The Morgan fingerprint density at radius 2 is 1.81 bits per heavy atom. The smallest absolute Gasteiger partial charge is 0.416 e. The van der Waals surface area contributed by atoms with E-state index in [2.05, 4.69) is 5.32 Å². The van der Waals surface area contributed by atoms with E-state index in [9.17, 15) is 22.8 Å². The summed E-state index contributed by atoms with van der Waals surface area (Å²) in [4.78, 5) is 23.4. The molecule has 4 nitrogen and oxygen atoms in total. The van der Waals surface area contributed by atoms with Crippen LogP contribution in [-0.2, 0) is 33.5 Å². The summed E-state index contributed by atoms with van der Waals surface area (Å²) in [6, 6.07) is 11.3. The summed E-state index contributed by atoms with van der Waals surface area (Å²) in [6.07, 6.45) is -4.85. The van der Waals surface area contributed by atoms with Gasteiger partial charge >= 0.3 is 12.1 Å². The third kappa shape index (κ3) is 6.07. The largest absolute Gasteiger partial charge is 0.455 e. The number of hydrogen-bond acceptors (Lipinski definition) is 3. The second-order valence-corrected chi connectivity index (χ2v) is 5.81. The predicted octanol–water partition coefficient (Wildman–Crippen LogP) is 3.76. The highest BCUT2D eigenvalue weighted by molar-refractivity contribution is 6.31. The number of carbonyl (C=O) groups is 2. The number of hydrogen-bond donors (Lipinski definition) is 1. The van der Waals surface area contributed by atoms with Gasteiger partial charge in [-0.05, 0) is 23.3 Å². The number of carbonyl (C=O) groups excluding carboxylic acids is 2. The van der Waals surface area contributed by atoms with Crippen LogP contribution in [0.2, 0.25) is 5.02 Å². The molecule has 0 aromatic heterocycles. The molecule has 138 valence electrons. The highest BCUT2D eigenvalue weighted by atomic mass is 35.5. The molecule has 0 unspecified atom stereocenters. The maximum absolute atomic E-state index is 12.6. The van der Waals surface area contributed by atoms with Crippen LogP contribution in [0.5, 0.6) is 0 Å². The second kappa shape index (κ2) is 8.71. The van der Waals surface area contributed by atoms with E-state index >= 15 is 0 Å². The maximum Gasteiger partial charge on any atom is 0.416 e. The fourth-order valence-electron chi connectivity index (χ4n) is 2.11. The number of benzene rings is 2. The average molecular weight is 386 g/mol. The Morgan fingerprint density at radius 3 is 2.50 bits per heavy atom. The lowest BCUT2D eigenvalue weighted by atomic mass is 10.1. The number of nitrogens with one attached hydrogen (secondary N) is 1. The van der Waals surface area contributed by atoms with Crippen molar-refractivity contribution < 1.29 is 27.5 Å². The molecule has 0 aliphatic rings. The van der Waals surface area contributed by atoms with E-state index in [1.807, 2.05) is 0 Å². The molecular weight excluding hydrogens is 371 g/mol. The molecule has 0 fully saturated rings. The molecule has 0 heterocycles. The molecule has 0 atom stereocenters. The summed E-state index contributed by atoms with van der Waals surface area (Å²) in [7, 11) is 0. The lowest BCUT2D eigenvalue weighted by Crippen LogP contribution is -2.28. The topological polar surface area (TPSA) is 55.4 Å². The minimum Gasteiger partial charge on any atom is -0.455 e. The van der Waals surface area contributed by atoms with Crippen LogP contribution >= 0.6 is 11.6 Å². The third-order valence-corrected chi connectivity index (χ3v) is 3.77. The van der Waals surface area contributed by atoms with Crippen molar-refractivity contribution in [2.24, 2.45) is 0 Å². The van der Waals surface area contributed by atoms with Crippen molar-refractivity contribution in [1.29, 1.82) is 0 Å². The monoisotopic (exact) mass is 385 g/mol. The zero-order valence-corrected chi connectivity index (χ0v) is 14.2. The van der Waals surface area contributed by atoms with E-state index < -0.39 is 30.2 Å². The first-order chi connectivity index (χ1) is 12.3. The van der Waals surface area contributed by atoms with Crippen LogP contribution in [0, 0.1) is 0 Å². The van der Waals surface area contributed by atoms with Crippen molar-refractivity contribution in [3.63, 3.8) is 0 Å². The SMILES string of the molecule is O=C(COC(=O)Cc1cccc(C(F)(F)F)c1)NCc1ccccc1Cl. The summed E-state index contributed by atoms with van der Waals surface area (Å²) in [5.41, 5.74) is 0.0133. The lowest BCUT2D eigenvalue weighted by molar-refractivity contribution is -0.148. The molecular formula is C18H15ClF3NO3. The van der Waals surface area contributed by atoms with Crippen molar-refractivity contribution in [3.05, 3.63) is 70.2 Å². The third-order valence-electron chi connectivity index (χ3n) is 3.40. The second-order valence-electron chi connectivity index (χ2n) is 5.40. The van der Waals surface area contributed by atoms with Gasteiger partial charge in [-0.25, -0.2) is 0 Å². The van der Waals surface area contributed by atoms with Gasteiger partial charge in [0, 0.05) is 11.6 Å². The van der Waals surface area contributed by atoms with Crippen LogP contribution in [0.1, 0.15) is 16.7 Å². The van der Waals surface area contributed by atoms with Crippen molar-refractivity contribution in [1.82, 2.24) is 5.32 Å². The van der Waals surface area contributed by atoms with Crippen LogP contribution < -0.4 is 5.32 Å². The zero-order chi connectivity index (χ0) is 19.2. The normalized spacial score (nSPS) is 11.1. The standard InChI is InChI=1S/C18H15ClF3NO3/c19-15-7-2-1-5-13(15)10-23-16(24)11-26-17(25)9-12-4-3-6-14(8-12)18(20,21)22/h1-8H,9-11H2,(H,23,24). The molecule has 0 radical (unpaired) electrons. The molecule has 8 heteroatoms. The number of esters is 1. The predicted molar refractivity (Wildman–Crippen MR) is 89.4 cm³/mol. The fraction of sp³-hybridized carbons (Fsp3) is 0.222. The van der Waals surface area contributed by atoms with Gasteiger partial charge in [0.05, 0.1) is 12.0 Å². The minimum atomic E-state index is -4.49. The quantitative estimate of drug-likeness (QED) is 0.770. The highest BCUT2D eigenvalue weighted by Gasteiger charge is 2.30. The van der Waals surface area contributed by atoms with Gasteiger partial charge in [0.25, 0.3) is 5.91 Å². The number of halogens is 4. The van der Waals surface area contributed by atoms with Crippen LogP contribution in [0.3, 0.4) is 0 Å². The molecule has 0 spiro atoms. The molecule has 0 bridgehead atoms. The summed E-state index contributed by atoms with van der Waals surface area (Å²) in [5, 5.41) is 3.03. The first-order valence-electron chi connectivity index (χ1n) is 7.57. The molecule has 1 amide bonds. The zero-order valence-electron chi connectivity index (χ0n) is 13.5. The molecule has 0 saturated carbocycles. The van der Waals surface area contributed by atoms with E-state index in [0.29, 0.717) is 10.6 Å². The van der Waals surface area contributed by atoms with E-state index in [1.165, 1.54) is 12.1 Å². The van der Waals surface area contributed by atoms with E-state index in [1.54, 1.807) is 24.3 Å². The Morgan fingerprint density at radius 1 is 1.08 bits per heavy atom. The Kier molecular flexibility index (Phi) is 6.63. The molecule has 0 saturated heterocycles. The van der Waals surface area contributed by atoms with Crippen molar-refractivity contribution in [2.45, 2.75) is 19.1 Å². The Hall–Kier alpha value is -2.54. The van der Waals surface area contributed by atoms with Crippen molar-refractivity contribution in [3.8, 4) is 0 Å². The lowest BCUT2D eigenvalue weighted by Gasteiger charge is -2.09. The fourth-order valence-corrected chi connectivity index (χ4v) is 2.31. The number of amides is 1. The van der Waals surface area contributed by atoms with Gasteiger partial charge in [-0.3, -0.25) is 9.59 Å². The van der Waals surface area contributed by atoms with Gasteiger partial charge in [-0.2, -0.15) is 13.2 Å². The molecule has 0 aliphatic heterocycles. The van der Waals surface area contributed by atoms with E-state index in [4.69, 9.17) is 16.3 Å². The van der Waals surface area contributed by atoms with Crippen LogP contribution in [0.15, 0.2) is 48.5 Å². The molecule has 26 heavy (non-hydrogen) atoms. The Labute approximate surface area is 152 Å². The van der Waals surface area contributed by atoms with Crippen LogP contribution in [-0.4, -0.2) is 18.5 Å². The Bertz CT molecular complexity index is 793. The molecule has 1 N–H and O–H groups in total. The van der Waals surface area contributed by atoms with Gasteiger partial charge in [0.2, 0.25) is 0 Å². The van der Waals surface area contributed by atoms with Crippen LogP contribution in [0.25, 0.3) is 0 Å². The van der Waals surface area contributed by atoms with E-state index in [-0.39, 0.29) is 18.5 Å². The Balaban J connectivity index is 1.80. The van der Waals surface area contributed by atoms with Crippen molar-refractivity contribution >= 4 is 23.5 Å². The van der Waals surface area contributed by atoms with Gasteiger partial charge in [-0.1, -0.05) is 48.0 Å². The van der Waals surface area contributed by atoms with Crippen LogP contribution in [0.4, 0.5) is 13.2 Å². The van der Waals surface area contributed by atoms with Crippen molar-refractivity contribution in [2.75, 3.05) is 6.61 Å².